The van der Waals surface area contributed by atoms with Crippen molar-refractivity contribution in [2.75, 3.05) is 0 Å². The Morgan fingerprint density at radius 3 is 1.23 bits per heavy atom. The third-order valence-corrected chi connectivity index (χ3v) is 15.3. The van der Waals surface area contributed by atoms with Crippen LogP contribution in [0.1, 0.15) is 22.3 Å². The molecule has 0 aliphatic carbocycles. The first-order valence-corrected chi connectivity index (χ1v) is 24.2. The van der Waals surface area contributed by atoms with Crippen molar-refractivity contribution < 1.29 is 19.5 Å². The number of thiophene rings is 4. The predicted molar refractivity (Wildman–Crippen MR) is 274 cm³/mol. The second-order valence-corrected chi connectivity index (χ2v) is 19.6. The maximum absolute atomic E-state index is 5.04. The van der Waals surface area contributed by atoms with Crippen LogP contribution in [0.4, 0.5) is 0 Å². The molecule has 0 unspecified atom stereocenters. The molecule has 0 fully saturated rings. The molecule has 12 aromatic rings. The molecule has 0 bridgehead atoms. The number of hydrogen-bond donors (Lipinski definition) is 1. The van der Waals surface area contributed by atoms with Crippen LogP contribution in [0.5, 0.6) is 0 Å². The van der Waals surface area contributed by atoms with E-state index in [0.29, 0.717) is 0 Å². The average molecular weight is 1020 g/mol. The van der Waals surface area contributed by atoms with Crippen molar-refractivity contribution in [2.45, 2.75) is 27.7 Å². The van der Waals surface area contributed by atoms with Crippen LogP contribution in [-0.2, 0) is 19.5 Å². The Hall–Kier alpha value is -6.47. The molecule has 321 valence electrons. The van der Waals surface area contributed by atoms with Crippen molar-refractivity contribution in [2.24, 2.45) is 0 Å². The van der Waals surface area contributed by atoms with E-state index in [1.165, 1.54) is 51.5 Å². The van der Waals surface area contributed by atoms with Gasteiger partial charge in [0, 0.05) is 77.2 Å². The number of nitrogens with one attached hydrogen (secondary N) is 1. The van der Waals surface area contributed by atoms with Crippen molar-refractivity contribution in [1.29, 1.82) is 0 Å². The number of H-pyrrole nitrogens is 1. The average Bonchev–Trinajstić information content (AvgIpc) is 4.19. The molecule has 1 aromatic carbocycles. The van der Waals surface area contributed by atoms with E-state index in [4.69, 9.17) is 4.98 Å². The van der Waals surface area contributed by atoms with Crippen molar-refractivity contribution in [3.8, 4) is 62.7 Å². The van der Waals surface area contributed by atoms with Gasteiger partial charge in [0.1, 0.15) is 5.82 Å². The van der Waals surface area contributed by atoms with Crippen LogP contribution in [0, 0.1) is 27.7 Å². The third-order valence-electron chi connectivity index (χ3n) is 10.6. The summed E-state index contributed by atoms with van der Waals surface area (Å²) in [4.78, 5) is 43.9. The van der Waals surface area contributed by atoms with Gasteiger partial charge in [-0.25, -0.2) is 4.98 Å². The second kappa shape index (κ2) is 20.0. The molecule has 66 heavy (non-hydrogen) atoms. The summed E-state index contributed by atoms with van der Waals surface area (Å²) in [5, 5.41) is 4.19. The molecule has 0 spiro atoms. The van der Waals surface area contributed by atoms with E-state index in [9.17, 15) is 0 Å². The Morgan fingerprint density at radius 2 is 0.788 bits per heavy atom. The summed E-state index contributed by atoms with van der Waals surface area (Å²) in [7, 11) is 0. The smallest absolute Gasteiger partial charge is 0.337 e. The second-order valence-electron chi connectivity index (χ2n) is 15.5. The molecular formula is C53H40N8RuS4+3. The number of nitrogens with zero attached hydrogens (tertiary/aromatic N) is 7. The van der Waals surface area contributed by atoms with Gasteiger partial charge in [-0.1, -0.05) is 6.07 Å². The molecule has 11 heterocycles. The summed E-state index contributed by atoms with van der Waals surface area (Å²) in [6.07, 6.45) is 10.9. The number of imidazole rings is 1. The van der Waals surface area contributed by atoms with Gasteiger partial charge >= 0.3 is 19.5 Å². The molecule has 0 atom stereocenters. The van der Waals surface area contributed by atoms with Gasteiger partial charge in [-0.3, -0.25) is 29.9 Å². The van der Waals surface area contributed by atoms with E-state index in [-0.39, 0.29) is 19.5 Å². The predicted octanol–water partition coefficient (Wildman–Crippen LogP) is 15.1. The molecule has 1 N–H and O–H groups in total. The molecule has 0 aliphatic heterocycles. The first-order chi connectivity index (χ1) is 31.8. The van der Waals surface area contributed by atoms with Crippen molar-refractivity contribution in [1.82, 2.24) is 39.9 Å². The van der Waals surface area contributed by atoms with Gasteiger partial charge in [0.05, 0.1) is 49.7 Å². The molecule has 12 rings (SSSR count). The van der Waals surface area contributed by atoms with E-state index in [0.717, 1.165) is 66.3 Å². The van der Waals surface area contributed by atoms with Gasteiger partial charge in [0.15, 0.2) is 0 Å². The summed E-state index contributed by atoms with van der Waals surface area (Å²) in [6.45, 7) is 8.23. The molecule has 0 aliphatic rings. The standard InChI is InChI=1S/C29H16N4S4.2C12H12N2.Ru/c1-4-16-25(30-13-1)26-17(5-2-14-31-26)28-27(16)32-29(33-28)24-12-11-23(37-24)22-10-9-21(36-22)20-8-7-19(35-20)18-6-3-15-34-18;2*1-9-3-5-13-11(7-9)12-8-10(2)4-6-14-12;/h1-15H,(H,32,33);2*3-8H,1-2H3;/q;;;+3. The summed E-state index contributed by atoms with van der Waals surface area (Å²) in [5.41, 5.74) is 12.3. The van der Waals surface area contributed by atoms with Crippen LogP contribution in [0.25, 0.3) is 95.6 Å². The summed E-state index contributed by atoms with van der Waals surface area (Å²) in [5.74, 6) is 0.878. The van der Waals surface area contributed by atoms with E-state index < -0.39 is 0 Å². The van der Waals surface area contributed by atoms with E-state index in [1.807, 2.05) is 121 Å². The fraction of sp³-hybridized carbons (Fsp3) is 0.0755. The van der Waals surface area contributed by atoms with Gasteiger partial charge in [-0.05, 0) is 171 Å². The van der Waals surface area contributed by atoms with Crippen LogP contribution >= 0.6 is 45.3 Å². The first kappa shape index (κ1) is 44.7. The number of fused-ring (bicyclic) bond motifs is 6. The minimum atomic E-state index is 0. The Balaban J connectivity index is 0.000000155. The fourth-order valence-corrected chi connectivity index (χ4v) is 11.4. The van der Waals surface area contributed by atoms with Crippen molar-refractivity contribution in [3.63, 3.8) is 0 Å². The van der Waals surface area contributed by atoms with E-state index in [1.54, 1.807) is 22.7 Å². The third kappa shape index (κ3) is 9.72. The number of aromatic nitrogens is 8. The maximum atomic E-state index is 5.04. The van der Waals surface area contributed by atoms with Crippen LogP contribution in [-0.4, -0.2) is 39.9 Å². The first-order valence-electron chi connectivity index (χ1n) is 20.9. The van der Waals surface area contributed by atoms with Gasteiger partial charge in [0.25, 0.3) is 0 Å². The number of pyridine rings is 6. The van der Waals surface area contributed by atoms with E-state index in [2.05, 4.69) is 129 Å². The molecule has 8 nitrogen and oxygen atoms in total. The van der Waals surface area contributed by atoms with E-state index >= 15 is 0 Å². The number of aryl methyl sites for hydroxylation is 4. The fourth-order valence-electron chi connectivity index (χ4n) is 7.39. The van der Waals surface area contributed by atoms with Crippen LogP contribution in [0.15, 0.2) is 164 Å². The monoisotopic (exact) mass is 1020 g/mol. The molecule has 0 saturated heterocycles. The largest absolute Gasteiger partial charge is 3.00 e. The zero-order valence-electron chi connectivity index (χ0n) is 36.2. The summed E-state index contributed by atoms with van der Waals surface area (Å²) < 4.78 is 0. The van der Waals surface area contributed by atoms with Crippen molar-refractivity contribution in [3.05, 3.63) is 186 Å². The van der Waals surface area contributed by atoms with Crippen LogP contribution in [0.2, 0.25) is 0 Å². The Kier molecular flexibility index (Phi) is 13.5. The normalized spacial score (nSPS) is 10.9. The summed E-state index contributed by atoms with van der Waals surface area (Å²) >= 11 is 7.26. The molecule has 0 saturated carbocycles. The zero-order chi connectivity index (χ0) is 44.3. The van der Waals surface area contributed by atoms with Gasteiger partial charge in [-0.15, -0.1) is 45.3 Å². The van der Waals surface area contributed by atoms with Gasteiger partial charge < -0.3 is 4.98 Å². The van der Waals surface area contributed by atoms with Crippen LogP contribution in [0.3, 0.4) is 0 Å². The molecule has 1 radical (unpaired) electrons. The molecule has 13 heteroatoms. The maximum Gasteiger partial charge on any atom is 3.00 e. The molecular weight excluding hydrogens is 978 g/mol. The number of aromatic amines is 1. The number of benzene rings is 1. The minimum absolute atomic E-state index is 0. The summed E-state index contributed by atoms with van der Waals surface area (Å²) in [6, 6.07) is 41.8. The number of hydrogen-bond acceptors (Lipinski definition) is 11. The van der Waals surface area contributed by atoms with Crippen LogP contribution < -0.4 is 0 Å². The Morgan fingerprint density at radius 1 is 0.379 bits per heavy atom. The molecule has 0 amide bonds. The number of rotatable bonds is 6. The van der Waals surface area contributed by atoms with Gasteiger partial charge in [-0.2, -0.15) is 0 Å². The molecule has 11 aromatic heterocycles. The Bertz CT molecular complexity index is 3340. The SMILES string of the molecule is Cc1ccnc(-c2cc(C)ccn2)c1.Cc1ccnc(-c2cc(C)ccn2)c1.[Ru+3].c1csc(-c2ccc(-c3ccc(-c4ccc(-c5nc6c7cccnc7c7ncccc7c6[nH]5)s4)s3)s2)c1. The topological polar surface area (TPSA) is 106 Å². The zero-order valence-corrected chi connectivity index (χ0v) is 41.2. The van der Waals surface area contributed by atoms with Gasteiger partial charge in [0.2, 0.25) is 0 Å². The Labute approximate surface area is 411 Å². The quantitative estimate of drug-likeness (QED) is 0.131. The van der Waals surface area contributed by atoms with Crippen molar-refractivity contribution >= 4 is 78.2 Å². The minimum Gasteiger partial charge on any atom is -0.337 e.